The summed E-state index contributed by atoms with van der Waals surface area (Å²) in [6.07, 6.45) is 7.03. The number of benzene rings is 1. The topological polar surface area (TPSA) is 76.7 Å². The lowest BCUT2D eigenvalue weighted by molar-refractivity contribution is 0.0529. The number of halogens is 1. The molecule has 0 radical (unpaired) electrons. The summed E-state index contributed by atoms with van der Waals surface area (Å²) in [4.78, 5) is 23.4. The molecule has 0 saturated carbocycles. The van der Waals surface area contributed by atoms with Crippen LogP contribution in [-0.2, 0) is 4.74 Å². The van der Waals surface area contributed by atoms with E-state index in [9.17, 15) is 9.18 Å². The van der Waals surface area contributed by atoms with Gasteiger partial charge in [0, 0.05) is 42.9 Å². The van der Waals surface area contributed by atoms with Crippen LogP contribution < -0.4 is 10.2 Å². The third-order valence-corrected chi connectivity index (χ3v) is 5.26. The number of hydrogen-bond donors (Lipinski definition) is 1. The van der Waals surface area contributed by atoms with E-state index in [1.807, 2.05) is 17.5 Å². The lowest BCUT2D eigenvalue weighted by atomic mass is 10.1. The van der Waals surface area contributed by atoms with Crippen LogP contribution in [0.15, 0.2) is 61.2 Å². The van der Waals surface area contributed by atoms with Crippen LogP contribution in [0.4, 0.5) is 20.7 Å². The van der Waals surface area contributed by atoms with Gasteiger partial charge in [-0.3, -0.25) is 8.97 Å². The molecule has 4 heterocycles. The molecule has 1 N–H and O–H groups in total. The Labute approximate surface area is 177 Å². The molecule has 1 atom stereocenters. The van der Waals surface area contributed by atoms with Gasteiger partial charge in [-0.2, -0.15) is 0 Å². The summed E-state index contributed by atoms with van der Waals surface area (Å²) in [5.74, 6) is 0.981. The summed E-state index contributed by atoms with van der Waals surface area (Å²) < 4.78 is 23.5. The maximum atomic E-state index is 14.6. The Kier molecular flexibility index (Phi) is 4.87. The molecule has 4 aromatic rings. The van der Waals surface area contributed by atoms with E-state index in [1.54, 1.807) is 42.9 Å². The normalized spacial score (nSPS) is 16.6. The number of anilines is 2. The number of carbonyl (C=O) groups is 1. The highest BCUT2D eigenvalue weighted by atomic mass is 19.1. The third kappa shape index (κ3) is 3.75. The number of amides is 1. The van der Waals surface area contributed by atoms with Crippen LogP contribution in [0.25, 0.3) is 17.0 Å². The van der Waals surface area contributed by atoms with Crippen molar-refractivity contribution < 1.29 is 13.9 Å². The van der Waals surface area contributed by atoms with Crippen LogP contribution in [0.3, 0.4) is 0 Å². The molecular formula is C22H21FN6O2. The number of morpholine rings is 1. The van der Waals surface area contributed by atoms with E-state index < -0.39 is 5.82 Å². The number of rotatable bonds is 3. The lowest BCUT2D eigenvalue weighted by Crippen LogP contribution is -2.41. The summed E-state index contributed by atoms with van der Waals surface area (Å²) in [6.45, 7) is 4.24. The summed E-state index contributed by atoms with van der Waals surface area (Å²) in [5.41, 5.74) is 1.20. The first-order chi connectivity index (χ1) is 15.1. The summed E-state index contributed by atoms with van der Waals surface area (Å²) in [7, 11) is 0. The van der Waals surface area contributed by atoms with E-state index in [1.165, 1.54) is 16.7 Å². The van der Waals surface area contributed by atoms with Crippen LogP contribution in [0, 0.1) is 5.82 Å². The molecule has 158 valence electrons. The molecule has 0 bridgehead atoms. The minimum atomic E-state index is -0.426. The van der Waals surface area contributed by atoms with E-state index >= 15 is 0 Å². The van der Waals surface area contributed by atoms with E-state index in [0.717, 1.165) is 18.9 Å². The molecule has 0 spiro atoms. The molecule has 1 aliphatic rings. The largest absolute Gasteiger partial charge is 0.375 e. The van der Waals surface area contributed by atoms with Gasteiger partial charge < -0.3 is 15.0 Å². The zero-order valence-corrected chi connectivity index (χ0v) is 16.9. The quantitative estimate of drug-likeness (QED) is 0.548. The van der Waals surface area contributed by atoms with Gasteiger partial charge in [-0.25, -0.2) is 19.2 Å². The van der Waals surface area contributed by atoms with Gasteiger partial charge in [0.15, 0.2) is 0 Å². The van der Waals surface area contributed by atoms with Gasteiger partial charge in [-0.15, -0.1) is 0 Å². The first kappa shape index (κ1) is 19.3. The predicted octanol–water partition coefficient (Wildman–Crippen LogP) is 3.64. The van der Waals surface area contributed by atoms with Gasteiger partial charge in [0.25, 0.3) is 0 Å². The molecule has 1 saturated heterocycles. The van der Waals surface area contributed by atoms with E-state index in [4.69, 9.17) is 4.74 Å². The van der Waals surface area contributed by atoms with Gasteiger partial charge >= 0.3 is 6.03 Å². The SMILES string of the molecule is CC1CN(c2cnc3nc(-c4cc(NC(=O)n5cccc5)ccc4F)ccn23)CCO1. The van der Waals surface area contributed by atoms with Crippen molar-refractivity contribution in [3.63, 3.8) is 0 Å². The highest BCUT2D eigenvalue weighted by molar-refractivity contribution is 5.91. The summed E-state index contributed by atoms with van der Waals surface area (Å²) in [5, 5.41) is 2.76. The zero-order valence-electron chi connectivity index (χ0n) is 16.9. The molecule has 3 aromatic heterocycles. The van der Waals surface area contributed by atoms with Crippen LogP contribution in [0.2, 0.25) is 0 Å². The minimum absolute atomic E-state index is 0.144. The number of carbonyl (C=O) groups excluding carboxylic acids is 1. The van der Waals surface area contributed by atoms with Crippen molar-refractivity contribution in [3.8, 4) is 11.3 Å². The molecule has 1 aliphatic heterocycles. The number of aromatic nitrogens is 4. The molecule has 5 rings (SSSR count). The van der Waals surface area contributed by atoms with Crippen molar-refractivity contribution in [1.29, 1.82) is 0 Å². The Balaban J connectivity index is 1.44. The highest BCUT2D eigenvalue weighted by Crippen LogP contribution is 2.27. The van der Waals surface area contributed by atoms with E-state index in [-0.39, 0.29) is 17.7 Å². The van der Waals surface area contributed by atoms with Crippen molar-refractivity contribution >= 4 is 23.3 Å². The summed E-state index contributed by atoms with van der Waals surface area (Å²) in [6, 6.07) is 9.34. The second kappa shape index (κ2) is 7.84. The van der Waals surface area contributed by atoms with Crippen molar-refractivity contribution in [2.24, 2.45) is 0 Å². The van der Waals surface area contributed by atoms with Crippen molar-refractivity contribution in [3.05, 3.63) is 67.0 Å². The molecule has 8 nitrogen and oxygen atoms in total. The predicted molar refractivity (Wildman–Crippen MR) is 115 cm³/mol. The van der Waals surface area contributed by atoms with Gasteiger partial charge in [0.2, 0.25) is 5.78 Å². The second-order valence-electron chi connectivity index (χ2n) is 7.44. The fourth-order valence-corrected chi connectivity index (χ4v) is 3.73. The Morgan fingerprint density at radius 3 is 2.87 bits per heavy atom. The third-order valence-electron chi connectivity index (χ3n) is 5.26. The first-order valence-corrected chi connectivity index (χ1v) is 10.0. The number of imidazole rings is 1. The van der Waals surface area contributed by atoms with Crippen LogP contribution in [0.1, 0.15) is 6.92 Å². The number of fused-ring (bicyclic) bond motifs is 1. The molecule has 31 heavy (non-hydrogen) atoms. The Bertz CT molecular complexity index is 1240. The molecular weight excluding hydrogens is 399 g/mol. The first-order valence-electron chi connectivity index (χ1n) is 10.0. The van der Waals surface area contributed by atoms with Gasteiger partial charge in [-0.05, 0) is 43.3 Å². The number of nitrogens with one attached hydrogen (secondary N) is 1. The van der Waals surface area contributed by atoms with Crippen LogP contribution >= 0.6 is 0 Å². The number of ether oxygens (including phenoxy) is 1. The van der Waals surface area contributed by atoms with Crippen molar-refractivity contribution in [2.75, 3.05) is 29.9 Å². The fourth-order valence-electron chi connectivity index (χ4n) is 3.73. The number of nitrogens with zero attached hydrogens (tertiary/aromatic N) is 5. The standard InChI is InChI=1S/C22H21FN6O2/c1-15-14-28(10-11-31-15)20-13-24-21-26-19(6-9-29(20)21)17-12-16(4-5-18(17)23)25-22(30)27-7-2-3-8-27/h2-9,12-13,15H,10-11,14H2,1H3,(H,25,30). The van der Waals surface area contributed by atoms with E-state index in [0.29, 0.717) is 23.8 Å². The highest BCUT2D eigenvalue weighted by Gasteiger charge is 2.20. The summed E-state index contributed by atoms with van der Waals surface area (Å²) >= 11 is 0. The molecule has 0 aliphatic carbocycles. The Morgan fingerprint density at radius 1 is 1.23 bits per heavy atom. The van der Waals surface area contributed by atoms with Crippen LogP contribution in [-0.4, -0.2) is 50.8 Å². The van der Waals surface area contributed by atoms with Gasteiger partial charge in [0.1, 0.15) is 11.6 Å². The average Bonchev–Trinajstić information content (AvgIpc) is 3.45. The molecule has 1 unspecified atom stereocenters. The Morgan fingerprint density at radius 2 is 2.06 bits per heavy atom. The fraction of sp³-hybridized carbons (Fsp3) is 0.227. The molecule has 9 heteroatoms. The second-order valence-corrected chi connectivity index (χ2v) is 7.44. The molecule has 1 fully saturated rings. The van der Waals surface area contributed by atoms with Crippen molar-refractivity contribution in [1.82, 2.24) is 18.9 Å². The van der Waals surface area contributed by atoms with Crippen LogP contribution in [0.5, 0.6) is 0 Å². The number of hydrogen-bond acceptors (Lipinski definition) is 5. The molecule has 1 aromatic carbocycles. The maximum Gasteiger partial charge on any atom is 0.329 e. The monoisotopic (exact) mass is 420 g/mol. The Hall–Kier alpha value is -3.72. The van der Waals surface area contributed by atoms with Gasteiger partial charge in [0.05, 0.1) is 24.6 Å². The lowest BCUT2D eigenvalue weighted by Gasteiger charge is -2.32. The van der Waals surface area contributed by atoms with Crippen molar-refractivity contribution in [2.45, 2.75) is 13.0 Å². The zero-order chi connectivity index (χ0) is 21.4. The average molecular weight is 420 g/mol. The molecule has 1 amide bonds. The minimum Gasteiger partial charge on any atom is -0.375 e. The van der Waals surface area contributed by atoms with Gasteiger partial charge in [-0.1, -0.05) is 0 Å². The smallest absolute Gasteiger partial charge is 0.329 e. The van der Waals surface area contributed by atoms with E-state index in [2.05, 4.69) is 20.2 Å². The maximum absolute atomic E-state index is 14.6.